The molecule has 0 radical (unpaired) electrons. The van der Waals surface area contributed by atoms with Crippen molar-refractivity contribution in [2.24, 2.45) is 0 Å². The molecular weight excluding hydrogens is 360 g/mol. The van der Waals surface area contributed by atoms with Crippen LogP contribution in [0.4, 0.5) is 26.3 Å². The van der Waals surface area contributed by atoms with Gasteiger partial charge in [0.25, 0.3) is 5.78 Å². The molecular formula is C18H11F6NO. The Kier molecular flexibility index (Phi) is 4.09. The van der Waals surface area contributed by atoms with E-state index in [1.54, 1.807) is 36.4 Å². The molecule has 2 nitrogen and oxygen atoms in total. The van der Waals surface area contributed by atoms with Gasteiger partial charge in [0.2, 0.25) is 0 Å². The average molecular weight is 371 g/mol. The van der Waals surface area contributed by atoms with E-state index in [0.717, 1.165) is 6.07 Å². The number of fused-ring (bicyclic) bond motifs is 1. The first kappa shape index (κ1) is 18.0. The second kappa shape index (κ2) is 5.89. The molecule has 0 aliphatic heterocycles. The maximum Gasteiger partial charge on any atom is 0.454 e. The van der Waals surface area contributed by atoms with Gasteiger partial charge in [-0.05, 0) is 30.2 Å². The molecule has 1 N–H and O–H groups in total. The van der Waals surface area contributed by atoms with Crippen molar-refractivity contribution < 1.29 is 31.1 Å². The maximum atomic E-state index is 13.3. The van der Waals surface area contributed by atoms with E-state index in [1.807, 2.05) is 4.98 Å². The predicted octanol–water partition coefficient (Wildman–Crippen LogP) is 5.91. The summed E-state index contributed by atoms with van der Waals surface area (Å²) in [5.41, 5.74) is -2.03. The molecule has 0 unspecified atom stereocenters. The number of benzene rings is 2. The van der Waals surface area contributed by atoms with E-state index in [9.17, 15) is 31.1 Å². The summed E-state index contributed by atoms with van der Waals surface area (Å²) in [4.78, 5) is 13.7. The Morgan fingerprint density at radius 1 is 0.962 bits per heavy atom. The van der Waals surface area contributed by atoms with Crippen LogP contribution in [0.2, 0.25) is 0 Å². The lowest BCUT2D eigenvalue weighted by molar-refractivity contribution is -0.141. The molecule has 0 saturated carbocycles. The van der Waals surface area contributed by atoms with E-state index in [4.69, 9.17) is 0 Å². The number of rotatable bonds is 2. The van der Waals surface area contributed by atoms with E-state index < -0.39 is 34.8 Å². The monoisotopic (exact) mass is 371 g/mol. The zero-order chi connectivity index (χ0) is 19.3. The fraction of sp³-hybridized carbons (Fsp3) is 0.167. The largest absolute Gasteiger partial charge is 0.454 e. The number of H-pyrrole nitrogens is 1. The fourth-order valence-electron chi connectivity index (χ4n) is 2.88. The van der Waals surface area contributed by atoms with Gasteiger partial charge in [0.15, 0.2) is 0 Å². The Bertz CT molecular complexity index is 983. The molecule has 8 heteroatoms. The molecule has 0 saturated heterocycles. The zero-order valence-corrected chi connectivity index (χ0v) is 13.2. The number of aromatic amines is 1. The summed E-state index contributed by atoms with van der Waals surface area (Å²) in [5, 5.41) is -0.404. The van der Waals surface area contributed by atoms with Crippen molar-refractivity contribution in [3.8, 4) is 11.1 Å². The minimum absolute atomic E-state index is 0.165. The van der Waals surface area contributed by atoms with Crippen molar-refractivity contribution in [2.75, 3.05) is 0 Å². The summed E-state index contributed by atoms with van der Waals surface area (Å²) in [6.07, 6.45) is -10.6. The average Bonchev–Trinajstić information content (AvgIpc) is 2.92. The van der Waals surface area contributed by atoms with Gasteiger partial charge in [0.1, 0.15) is 5.69 Å². The predicted molar refractivity (Wildman–Crippen MR) is 83.9 cm³/mol. The number of carbonyl (C=O) groups is 1. The van der Waals surface area contributed by atoms with Gasteiger partial charge in [-0.2, -0.15) is 26.3 Å². The highest BCUT2D eigenvalue weighted by molar-refractivity contribution is 6.14. The van der Waals surface area contributed by atoms with Crippen molar-refractivity contribution in [3.63, 3.8) is 0 Å². The number of Topliss-reactive ketones (excluding diaryl/α,β-unsaturated/α-hetero) is 1. The first-order chi connectivity index (χ1) is 12.0. The van der Waals surface area contributed by atoms with Crippen LogP contribution < -0.4 is 0 Å². The van der Waals surface area contributed by atoms with Crippen molar-refractivity contribution in [2.45, 2.75) is 19.3 Å². The number of alkyl halides is 6. The molecule has 0 aliphatic rings. The maximum absolute atomic E-state index is 13.3. The second-order valence-corrected chi connectivity index (χ2v) is 5.80. The van der Waals surface area contributed by atoms with E-state index in [0.29, 0.717) is 11.1 Å². The topological polar surface area (TPSA) is 32.9 Å². The number of aromatic nitrogens is 1. The molecule has 136 valence electrons. The fourth-order valence-corrected chi connectivity index (χ4v) is 2.88. The number of ketones is 1. The van der Waals surface area contributed by atoms with Crippen LogP contribution >= 0.6 is 0 Å². The quantitative estimate of drug-likeness (QED) is 0.441. The summed E-state index contributed by atoms with van der Waals surface area (Å²) in [6.45, 7) is 1.54. The summed E-state index contributed by atoms with van der Waals surface area (Å²) in [6, 6.07) is 10.9. The lowest BCUT2D eigenvalue weighted by atomic mass is 9.97. The lowest BCUT2D eigenvalue weighted by Crippen LogP contribution is -2.25. The molecule has 0 spiro atoms. The normalized spacial score (nSPS) is 12.6. The number of hydrogen-bond acceptors (Lipinski definition) is 1. The Hall–Kier alpha value is -2.77. The van der Waals surface area contributed by atoms with Gasteiger partial charge in [-0.1, -0.05) is 30.3 Å². The van der Waals surface area contributed by atoms with Gasteiger partial charge >= 0.3 is 12.4 Å². The Balaban J connectivity index is 2.43. The van der Waals surface area contributed by atoms with Crippen LogP contribution in [0.15, 0.2) is 42.5 Å². The molecule has 3 rings (SSSR count). The highest BCUT2D eigenvalue weighted by atomic mass is 19.4. The Morgan fingerprint density at radius 3 is 2.12 bits per heavy atom. The third-order valence-electron chi connectivity index (χ3n) is 3.90. The molecule has 3 aromatic rings. The lowest BCUT2D eigenvalue weighted by Gasteiger charge is -2.09. The number of hydrogen-bond donors (Lipinski definition) is 1. The molecule has 1 heterocycles. The molecule has 0 amide bonds. The molecule has 1 aromatic heterocycles. The standard InChI is InChI=1S/C18H11F6NO/c1-9-7-11(10-5-3-2-4-6-10)14-12(8-9)13(16(26)18(22,23)24)15(25-14)17(19,20)21/h2-8,25H,1H3. The smallest absolute Gasteiger partial charge is 0.350 e. The molecule has 26 heavy (non-hydrogen) atoms. The van der Waals surface area contributed by atoms with Crippen LogP contribution in [0.3, 0.4) is 0 Å². The van der Waals surface area contributed by atoms with Crippen molar-refractivity contribution in [1.29, 1.82) is 0 Å². The SMILES string of the molecule is Cc1cc(-c2ccccc2)c2[nH]c(C(F)(F)F)c(C(=O)C(F)(F)F)c2c1. The van der Waals surface area contributed by atoms with Gasteiger partial charge in [-0.25, -0.2) is 0 Å². The van der Waals surface area contributed by atoms with Crippen molar-refractivity contribution in [1.82, 2.24) is 4.98 Å². The highest BCUT2D eigenvalue weighted by Gasteiger charge is 2.47. The molecule has 2 aromatic carbocycles. The van der Waals surface area contributed by atoms with Crippen LogP contribution in [-0.2, 0) is 6.18 Å². The minimum Gasteiger partial charge on any atom is -0.350 e. The molecule has 0 fully saturated rings. The van der Waals surface area contributed by atoms with Gasteiger partial charge in [0.05, 0.1) is 11.1 Å². The minimum atomic E-state index is -5.42. The zero-order valence-electron chi connectivity index (χ0n) is 13.2. The van der Waals surface area contributed by atoms with Crippen LogP contribution in [0.25, 0.3) is 22.0 Å². The first-order valence-electron chi connectivity index (χ1n) is 7.40. The van der Waals surface area contributed by atoms with Gasteiger partial charge in [-0.3, -0.25) is 4.79 Å². The van der Waals surface area contributed by atoms with Gasteiger partial charge in [-0.15, -0.1) is 0 Å². The number of nitrogens with one attached hydrogen (secondary N) is 1. The molecule has 0 aliphatic carbocycles. The second-order valence-electron chi connectivity index (χ2n) is 5.80. The van der Waals surface area contributed by atoms with E-state index in [2.05, 4.69) is 0 Å². The third kappa shape index (κ3) is 3.07. The third-order valence-corrected chi connectivity index (χ3v) is 3.90. The highest BCUT2D eigenvalue weighted by Crippen LogP contribution is 2.41. The summed E-state index contributed by atoms with van der Waals surface area (Å²) >= 11 is 0. The molecule has 0 atom stereocenters. The van der Waals surface area contributed by atoms with E-state index >= 15 is 0 Å². The van der Waals surface area contributed by atoms with Crippen LogP contribution in [-0.4, -0.2) is 16.9 Å². The Morgan fingerprint density at radius 2 is 1.58 bits per heavy atom. The van der Waals surface area contributed by atoms with Crippen LogP contribution in [0, 0.1) is 6.92 Å². The number of aryl methyl sites for hydroxylation is 1. The van der Waals surface area contributed by atoms with E-state index in [1.165, 1.54) is 6.92 Å². The number of carbonyl (C=O) groups excluding carboxylic acids is 1. The Labute approximate surface area is 143 Å². The molecule has 0 bridgehead atoms. The van der Waals surface area contributed by atoms with E-state index in [-0.39, 0.29) is 11.1 Å². The van der Waals surface area contributed by atoms with Crippen LogP contribution in [0.1, 0.15) is 21.6 Å². The van der Waals surface area contributed by atoms with Crippen molar-refractivity contribution >= 4 is 16.7 Å². The van der Waals surface area contributed by atoms with Gasteiger partial charge < -0.3 is 4.98 Å². The van der Waals surface area contributed by atoms with Crippen molar-refractivity contribution in [3.05, 3.63) is 59.3 Å². The first-order valence-corrected chi connectivity index (χ1v) is 7.40. The summed E-state index contributed by atoms with van der Waals surface area (Å²) in [7, 11) is 0. The summed E-state index contributed by atoms with van der Waals surface area (Å²) in [5.74, 6) is -2.53. The summed E-state index contributed by atoms with van der Waals surface area (Å²) < 4.78 is 78.7. The number of halogens is 6. The van der Waals surface area contributed by atoms with Gasteiger partial charge in [0, 0.05) is 10.9 Å². The van der Waals surface area contributed by atoms with Crippen LogP contribution in [0.5, 0.6) is 0 Å².